The van der Waals surface area contributed by atoms with Crippen molar-refractivity contribution in [3.05, 3.63) is 46.5 Å². The van der Waals surface area contributed by atoms with E-state index < -0.39 is 0 Å². The maximum Gasteiger partial charge on any atom is 0.193 e. The second-order valence-electron chi connectivity index (χ2n) is 6.78. The molecule has 24 heavy (non-hydrogen) atoms. The SMILES string of the molecule is CC(=O)c1c(C)[nH]c(C(=O)CN2CCCC2c2cccn2C)c1C. The first-order valence-electron chi connectivity index (χ1n) is 8.48. The first-order valence-corrected chi connectivity index (χ1v) is 8.48. The highest BCUT2D eigenvalue weighted by Gasteiger charge is 2.30. The number of hydrogen-bond donors (Lipinski definition) is 1. The van der Waals surface area contributed by atoms with Gasteiger partial charge in [-0.3, -0.25) is 14.5 Å². The van der Waals surface area contributed by atoms with E-state index in [1.165, 1.54) is 5.69 Å². The van der Waals surface area contributed by atoms with Crippen LogP contribution in [-0.2, 0) is 7.05 Å². The third kappa shape index (κ3) is 2.84. The van der Waals surface area contributed by atoms with Gasteiger partial charge in [0.05, 0.1) is 18.3 Å². The van der Waals surface area contributed by atoms with Crippen LogP contribution < -0.4 is 0 Å². The molecule has 1 aliphatic heterocycles. The van der Waals surface area contributed by atoms with Crippen molar-refractivity contribution in [1.82, 2.24) is 14.5 Å². The highest BCUT2D eigenvalue weighted by Crippen LogP contribution is 2.32. The van der Waals surface area contributed by atoms with E-state index >= 15 is 0 Å². The van der Waals surface area contributed by atoms with Gasteiger partial charge in [0, 0.05) is 30.2 Å². The molecular formula is C19H25N3O2. The van der Waals surface area contributed by atoms with Gasteiger partial charge in [0.25, 0.3) is 0 Å². The lowest BCUT2D eigenvalue weighted by molar-refractivity contribution is 0.0914. The average Bonchev–Trinajstić information content (AvgIpc) is 3.18. The molecule has 0 saturated carbocycles. The van der Waals surface area contributed by atoms with Crippen LogP contribution in [-0.4, -0.2) is 39.1 Å². The Hall–Kier alpha value is -2.14. The molecule has 0 bridgehead atoms. The lowest BCUT2D eigenvalue weighted by Gasteiger charge is -2.24. The number of carbonyl (C=O) groups is 2. The van der Waals surface area contributed by atoms with Gasteiger partial charge in [0.2, 0.25) is 0 Å². The number of nitrogens with zero attached hydrogens (tertiary/aromatic N) is 2. The Morgan fingerprint density at radius 1 is 1.33 bits per heavy atom. The molecule has 1 N–H and O–H groups in total. The lowest BCUT2D eigenvalue weighted by atomic mass is 10.0. The van der Waals surface area contributed by atoms with Crippen LogP contribution in [0.3, 0.4) is 0 Å². The number of hydrogen-bond acceptors (Lipinski definition) is 3. The van der Waals surface area contributed by atoms with Crippen molar-refractivity contribution >= 4 is 11.6 Å². The van der Waals surface area contributed by atoms with Crippen LogP contribution in [0.2, 0.25) is 0 Å². The fraction of sp³-hybridized carbons (Fsp3) is 0.474. The van der Waals surface area contributed by atoms with Gasteiger partial charge in [-0.15, -0.1) is 0 Å². The molecule has 128 valence electrons. The molecule has 0 spiro atoms. The number of rotatable bonds is 5. The zero-order valence-electron chi connectivity index (χ0n) is 14.8. The van der Waals surface area contributed by atoms with E-state index in [1.54, 1.807) is 6.92 Å². The van der Waals surface area contributed by atoms with Crippen molar-refractivity contribution in [3.63, 3.8) is 0 Å². The number of nitrogens with one attached hydrogen (secondary N) is 1. The van der Waals surface area contributed by atoms with Crippen molar-refractivity contribution < 1.29 is 9.59 Å². The Labute approximate surface area is 142 Å². The van der Waals surface area contributed by atoms with Gasteiger partial charge in [-0.1, -0.05) is 0 Å². The first kappa shape index (κ1) is 16.7. The first-order chi connectivity index (χ1) is 11.4. The second-order valence-corrected chi connectivity index (χ2v) is 6.78. The van der Waals surface area contributed by atoms with Gasteiger partial charge in [0.15, 0.2) is 11.6 Å². The highest BCUT2D eigenvalue weighted by atomic mass is 16.1. The Balaban J connectivity index is 1.81. The van der Waals surface area contributed by atoms with Gasteiger partial charge in [-0.25, -0.2) is 0 Å². The molecule has 3 rings (SSSR count). The van der Waals surface area contributed by atoms with E-state index in [0.717, 1.165) is 30.6 Å². The monoisotopic (exact) mass is 327 g/mol. The number of aromatic nitrogens is 2. The molecule has 0 aliphatic carbocycles. The van der Waals surface area contributed by atoms with Crippen LogP contribution >= 0.6 is 0 Å². The van der Waals surface area contributed by atoms with Crippen molar-refractivity contribution in [1.29, 1.82) is 0 Å². The Bertz CT molecular complexity index is 785. The highest BCUT2D eigenvalue weighted by molar-refractivity contribution is 6.03. The molecule has 0 radical (unpaired) electrons. The van der Waals surface area contributed by atoms with Gasteiger partial charge in [0.1, 0.15) is 0 Å². The maximum absolute atomic E-state index is 12.8. The van der Waals surface area contributed by atoms with E-state index in [9.17, 15) is 9.59 Å². The molecule has 1 fully saturated rings. The summed E-state index contributed by atoms with van der Waals surface area (Å²) < 4.78 is 2.13. The van der Waals surface area contributed by atoms with Crippen LogP contribution in [0.4, 0.5) is 0 Å². The van der Waals surface area contributed by atoms with Gasteiger partial charge in [-0.2, -0.15) is 0 Å². The molecule has 1 unspecified atom stereocenters. The largest absolute Gasteiger partial charge is 0.355 e. The molecule has 1 aliphatic rings. The van der Waals surface area contributed by atoms with Crippen LogP contribution in [0.15, 0.2) is 18.3 Å². The average molecular weight is 327 g/mol. The zero-order valence-corrected chi connectivity index (χ0v) is 14.8. The molecule has 3 heterocycles. The quantitative estimate of drug-likeness (QED) is 0.858. The van der Waals surface area contributed by atoms with E-state index in [1.807, 2.05) is 33.2 Å². The van der Waals surface area contributed by atoms with Crippen LogP contribution in [0.5, 0.6) is 0 Å². The minimum Gasteiger partial charge on any atom is -0.355 e. The fourth-order valence-corrected chi connectivity index (χ4v) is 3.99. The molecular weight excluding hydrogens is 302 g/mol. The molecule has 2 aromatic rings. The second kappa shape index (κ2) is 6.40. The number of aryl methyl sites for hydroxylation is 2. The number of aromatic amines is 1. The smallest absolute Gasteiger partial charge is 0.193 e. The van der Waals surface area contributed by atoms with E-state index in [2.05, 4.69) is 20.5 Å². The summed E-state index contributed by atoms with van der Waals surface area (Å²) in [5, 5.41) is 0. The number of H-pyrrole nitrogens is 1. The third-order valence-corrected chi connectivity index (χ3v) is 5.10. The molecule has 2 aromatic heterocycles. The summed E-state index contributed by atoms with van der Waals surface area (Å²) in [5.41, 5.74) is 4.04. The van der Waals surface area contributed by atoms with Crippen molar-refractivity contribution in [2.45, 2.75) is 39.7 Å². The number of Topliss-reactive ketones (excluding diaryl/α,β-unsaturated/α-hetero) is 2. The fourth-order valence-electron chi connectivity index (χ4n) is 3.99. The van der Waals surface area contributed by atoms with Crippen LogP contribution in [0.1, 0.15) is 63.6 Å². The zero-order chi connectivity index (χ0) is 17.4. The van der Waals surface area contributed by atoms with Gasteiger partial charge < -0.3 is 9.55 Å². The predicted octanol–water partition coefficient (Wildman–Crippen LogP) is 3.19. The summed E-state index contributed by atoms with van der Waals surface area (Å²) in [5.74, 6) is 0.0624. The number of carbonyl (C=O) groups excluding carboxylic acids is 2. The molecule has 5 nitrogen and oxygen atoms in total. The number of ketones is 2. The lowest BCUT2D eigenvalue weighted by Crippen LogP contribution is -2.31. The summed E-state index contributed by atoms with van der Waals surface area (Å²) in [7, 11) is 2.05. The van der Waals surface area contributed by atoms with E-state index in [-0.39, 0.29) is 17.6 Å². The van der Waals surface area contributed by atoms with Crippen LogP contribution in [0, 0.1) is 13.8 Å². The molecule has 0 amide bonds. The number of likely N-dealkylation sites (tertiary alicyclic amines) is 1. The Kier molecular flexibility index (Phi) is 4.45. The molecule has 1 atom stereocenters. The van der Waals surface area contributed by atoms with E-state index in [4.69, 9.17) is 0 Å². The van der Waals surface area contributed by atoms with Gasteiger partial charge >= 0.3 is 0 Å². The van der Waals surface area contributed by atoms with Gasteiger partial charge in [-0.05, 0) is 57.9 Å². The summed E-state index contributed by atoms with van der Waals surface area (Å²) in [6, 6.07) is 4.47. The summed E-state index contributed by atoms with van der Waals surface area (Å²) in [6.45, 7) is 6.56. The van der Waals surface area contributed by atoms with Crippen molar-refractivity contribution in [2.24, 2.45) is 7.05 Å². The van der Waals surface area contributed by atoms with E-state index in [0.29, 0.717) is 17.8 Å². The summed E-state index contributed by atoms with van der Waals surface area (Å²) >= 11 is 0. The van der Waals surface area contributed by atoms with Crippen LogP contribution in [0.25, 0.3) is 0 Å². The standard InChI is InChI=1S/C19H25N3O2/c1-12-18(14(3)23)13(2)20-19(12)17(24)11-22-10-6-8-16(22)15-7-5-9-21(15)4/h5,7,9,16,20H,6,8,10-11H2,1-4H3. The molecule has 1 saturated heterocycles. The van der Waals surface area contributed by atoms with Crippen molar-refractivity contribution in [3.8, 4) is 0 Å². The normalized spacial score (nSPS) is 18.2. The summed E-state index contributed by atoms with van der Waals surface area (Å²) in [6.07, 6.45) is 4.22. The Morgan fingerprint density at radius 2 is 2.08 bits per heavy atom. The Morgan fingerprint density at radius 3 is 2.67 bits per heavy atom. The summed E-state index contributed by atoms with van der Waals surface area (Å²) in [4.78, 5) is 30.0. The molecule has 0 aromatic carbocycles. The topological polar surface area (TPSA) is 58.1 Å². The predicted molar refractivity (Wildman–Crippen MR) is 93.6 cm³/mol. The minimum absolute atomic E-state index is 0.00293. The minimum atomic E-state index is 0.00293. The molecule has 5 heteroatoms. The van der Waals surface area contributed by atoms with Crippen molar-refractivity contribution in [2.75, 3.05) is 13.1 Å². The third-order valence-electron chi connectivity index (χ3n) is 5.10. The maximum atomic E-state index is 12.8.